The average molecular weight is 219 g/mol. The molecule has 0 radical (unpaired) electrons. The van der Waals surface area contributed by atoms with Crippen molar-refractivity contribution in [1.82, 2.24) is 10.2 Å². The van der Waals surface area contributed by atoms with Crippen LogP contribution in [0, 0.1) is 0 Å². The van der Waals surface area contributed by atoms with E-state index in [1.165, 1.54) is 0 Å². The smallest absolute Gasteiger partial charge is 0.126 e. The van der Waals surface area contributed by atoms with Gasteiger partial charge in [0.15, 0.2) is 0 Å². The predicted molar refractivity (Wildman–Crippen MR) is 60.5 cm³/mol. The molecule has 1 unspecified atom stereocenters. The summed E-state index contributed by atoms with van der Waals surface area (Å²) in [4.78, 5) is 0. The lowest BCUT2D eigenvalue weighted by Crippen LogP contribution is -2.04. The second kappa shape index (κ2) is 4.34. The fourth-order valence-electron chi connectivity index (χ4n) is 1.64. The van der Waals surface area contributed by atoms with Crippen LogP contribution >= 0.6 is 0 Å². The van der Waals surface area contributed by atoms with Crippen LogP contribution in [0.25, 0.3) is 11.1 Å². The summed E-state index contributed by atoms with van der Waals surface area (Å²) in [6.45, 7) is -0.325. The van der Waals surface area contributed by atoms with Gasteiger partial charge in [0, 0.05) is 5.56 Å². The lowest BCUT2D eigenvalue weighted by Gasteiger charge is -2.12. The molecule has 1 atom stereocenters. The van der Waals surface area contributed by atoms with E-state index in [2.05, 4.69) is 10.2 Å². The zero-order valence-corrected chi connectivity index (χ0v) is 8.59. The maximum absolute atomic E-state index is 9.68. The van der Waals surface area contributed by atoms with Gasteiger partial charge in [0.2, 0.25) is 0 Å². The summed E-state index contributed by atoms with van der Waals surface area (Å²) in [6.07, 6.45) is 0.684. The van der Waals surface area contributed by atoms with Crippen LogP contribution in [0.2, 0.25) is 0 Å². The van der Waals surface area contributed by atoms with Crippen LogP contribution in [0.4, 0.5) is 5.82 Å². The number of H-pyrrole nitrogens is 1. The van der Waals surface area contributed by atoms with Gasteiger partial charge in [-0.2, -0.15) is 5.10 Å². The Bertz CT molecular complexity index is 482. The summed E-state index contributed by atoms with van der Waals surface area (Å²) >= 11 is 0. The molecule has 5 heteroatoms. The number of rotatable bonds is 3. The monoisotopic (exact) mass is 219 g/mol. The molecule has 0 saturated heterocycles. The van der Waals surface area contributed by atoms with E-state index in [1.54, 1.807) is 18.3 Å². The first-order valence-electron chi connectivity index (χ1n) is 4.91. The zero-order chi connectivity index (χ0) is 11.5. The van der Waals surface area contributed by atoms with Crippen LogP contribution < -0.4 is 5.73 Å². The van der Waals surface area contributed by atoms with Crippen molar-refractivity contribution < 1.29 is 10.2 Å². The number of benzene rings is 1. The van der Waals surface area contributed by atoms with Crippen LogP contribution in [0.15, 0.2) is 30.5 Å². The molecule has 1 aromatic heterocycles. The largest absolute Gasteiger partial charge is 0.393 e. The Morgan fingerprint density at radius 2 is 2.06 bits per heavy atom. The number of aliphatic hydroxyl groups is 2. The minimum absolute atomic E-state index is 0.325. The molecule has 0 spiro atoms. The molecule has 1 aromatic carbocycles. The number of nitrogens with two attached hydrogens (primary N) is 1. The molecule has 5 nitrogen and oxygen atoms in total. The third kappa shape index (κ3) is 1.78. The Balaban J connectivity index is 2.53. The summed E-state index contributed by atoms with van der Waals surface area (Å²) in [6, 6.07) is 7.22. The number of hydrogen-bond acceptors (Lipinski definition) is 4. The molecule has 0 amide bonds. The average Bonchev–Trinajstić information content (AvgIpc) is 2.74. The molecule has 0 aliphatic carbocycles. The van der Waals surface area contributed by atoms with Crippen molar-refractivity contribution in [2.75, 3.05) is 12.3 Å². The molecule has 0 saturated carbocycles. The first-order valence-corrected chi connectivity index (χ1v) is 4.91. The maximum Gasteiger partial charge on any atom is 0.126 e. The summed E-state index contributed by atoms with van der Waals surface area (Å²) in [5.74, 6) is 0.442. The first kappa shape index (κ1) is 10.7. The normalized spacial score (nSPS) is 12.6. The number of aliphatic hydroxyl groups excluding tert-OH is 2. The predicted octanol–water partition coefficient (Wildman–Crippen LogP) is 0.685. The van der Waals surface area contributed by atoms with Crippen molar-refractivity contribution in [3.05, 3.63) is 36.0 Å². The SMILES string of the molecule is Nc1[nH]ncc1-c1ccccc1C(O)CO. The van der Waals surface area contributed by atoms with Crippen molar-refractivity contribution in [2.24, 2.45) is 0 Å². The summed E-state index contributed by atoms with van der Waals surface area (Å²) in [5.41, 5.74) is 7.86. The van der Waals surface area contributed by atoms with Gasteiger partial charge in [-0.25, -0.2) is 0 Å². The third-order valence-electron chi connectivity index (χ3n) is 2.45. The number of nitrogens with one attached hydrogen (secondary N) is 1. The number of aromatic nitrogens is 2. The van der Waals surface area contributed by atoms with E-state index >= 15 is 0 Å². The Hall–Kier alpha value is -1.85. The molecule has 84 valence electrons. The number of hydrogen-bond donors (Lipinski definition) is 4. The third-order valence-corrected chi connectivity index (χ3v) is 2.45. The number of anilines is 1. The molecule has 0 aliphatic heterocycles. The molecular formula is C11H13N3O2. The Labute approximate surface area is 92.5 Å². The van der Waals surface area contributed by atoms with E-state index in [9.17, 15) is 5.11 Å². The second-order valence-electron chi connectivity index (χ2n) is 3.48. The van der Waals surface area contributed by atoms with E-state index in [0.717, 1.165) is 11.1 Å². The van der Waals surface area contributed by atoms with Crippen LogP contribution in [0.5, 0.6) is 0 Å². The molecule has 0 fully saturated rings. The minimum Gasteiger partial charge on any atom is -0.393 e. The van der Waals surface area contributed by atoms with Crippen molar-refractivity contribution in [2.45, 2.75) is 6.10 Å². The van der Waals surface area contributed by atoms with Gasteiger partial charge >= 0.3 is 0 Å². The molecule has 1 heterocycles. The highest BCUT2D eigenvalue weighted by Gasteiger charge is 2.14. The van der Waals surface area contributed by atoms with E-state index in [0.29, 0.717) is 11.4 Å². The first-order chi connectivity index (χ1) is 7.74. The molecular weight excluding hydrogens is 206 g/mol. The van der Waals surface area contributed by atoms with Gasteiger partial charge in [0.1, 0.15) is 11.9 Å². The van der Waals surface area contributed by atoms with Gasteiger partial charge in [0.25, 0.3) is 0 Å². The quantitative estimate of drug-likeness (QED) is 0.610. The second-order valence-corrected chi connectivity index (χ2v) is 3.48. The highest BCUT2D eigenvalue weighted by Crippen LogP contribution is 2.30. The van der Waals surface area contributed by atoms with Crippen LogP contribution in [-0.4, -0.2) is 27.0 Å². The summed E-state index contributed by atoms with van der Waals surface area (Å²) in [5, 5.41) is 25.1. The van der Waals surface area contributed by atoms with E-state index in [-0.39, 0.29) is 6.61 Å². The number of nitrogen functional groups attached to an aromatic ring is 1. The maximum atomic E-state index is 9.68. The van der Waals surface area contributed by atoms with E-state index in [4.69, 9.17) is 10.8 Å². The van der Waals surface area contributed by atoms with E-state index in [1.807, 2.05) is 12.1 Å². The van der Waals surface area contributed by atoms with Crippen LogP contribution in [0.3, 0.4) is 0 Å². The fourth-order valence-corrected chi connectivity index (χ4v) is 1.64. The van der Waals surface area contributed by atoms with Crippen LogP contribution in [0.1, 0.15) is 11.7 Å². The van der Waals surface area contributed by atoms with Gasteiger partial charge in [-0.05, 0) is 11.1 Å². The molecule has 0 bridgehead atoms. The van der Waals surface area contributed by atoms with Gasteiger partial charge < -0.3 is 15.9 Å². The molecule has 16 heavy (non-hydrogen) atoms. The van der Waals surface area contributed by atoms with Gasteiger partial charge in [-0.1, -0.05) is 24.3 Å². The lowest BCUT2D eigenvalue weighted by atomic mass is 9.98. The van der Waals surface area contributed by atoms with Crippen molar-refractivity contribution in [3.8, 4) is 11.1 Å². The molecule has 2 rings (SSSR count). The van der Waals surface area contributed by atoms with Crippen molar-refractivity contribution in [3.63, 3.8) is 0 Å². The fraction of sp³-hybridized carbons (Fsp3) is 0.182. The van der Waals surface area contributed by atoms with Gasteiger partial charge in [0.05, 0.1) is 12.8 Å². The van der Waals surface area contributed by atoms with Crippen molar-refractivity contribution in [1.29, 1.82) is 0 Å². The molecule has 0 aliphatic rings. The highest BCUT2D eigenvalue weighted by molar-refractivity contribution is 5.75. The van der Waals surface area contributed by atoms with Crippen LogP contribution in [-0.2, 0) is 0 Å². The number of aromatic amines is 1. The molecule has 5 N–H and O–H groups in total. The van der Waals surface area contributed by atoms with E-state index < -0.39 is 6.10 Å². The summed E-state index contributed by atoms with van der Waals surface area (Å²) < 4.78 is 0. The summed E-state index contributed by atoms with van der Waals surface area (Å²) in [7, 11) is 0. The minimum atomic E-state index is -0.912. The van der Waals surface area contributed by atoms with Gasteiger partial charge in [-0.3, -0.25) is 5.10 Å². The standard InChI is InChI=1S/C11H13N3O2/c12-11-9(5-13-14-11)7-3-1-2-4-8(7)10(16)6-15/h1-5,10,15-16H,6H2,(H3,12,13,14). The Kier molecular flexibility index (Phi) is 2.89. The molecule has 2 aromatic rings. The Morgan fingerprint density at radius 1 is 1.31 bits per heavy atom. The topological polar surface area (TPSA) is 95.2 Å². The highest BCUT2D eigenvalue weighted by atomic mass is 16.3. The Morgan fingerprint density at radius 3 is 2.69 bits per heavy atom. The van der Waals surface area contributed by atoms with Crippen molar-refractivity contribution >= 4 is 5.82 Å². The number of nitrogens with zero attached hydrogens (tertiary/aromatic N) is 1. The lowest BCUT2D eigenvalue weighted by molar-refractivity contribution is 0.0960. The van der Waals surface area contributed by atoms with Gasteiger partial charge in [-0.15, -0.1) is 0 Å². The zero-order valence-electron chi connectivity index (χ0n) is 8.59.